The maximum atomic E-state index is 12.4. The van der Waals surface area contributed by atoms with E-state index in [2.05, 4.69) is 5.32 Å². The second kappa shape index (κ2) is 7.31. The minimum atomic E-state index is -0.153. The molecule has 0 aliphatic carbocycles. The average molecular weight is 307 g/mol. The summed E-state index contributed by atoms with van der Waals surface area (Å²) in [5.74, 6) is 1.09. The van der Waals surface area contributed by atoms with Gasteiger partial charge in [-0.2, -0.15) is 0 Å². The molecule has 3 rings (SSSR count). The molecule has 0 saturated carbocycles. The molecule has 0 spiro atoms. The van der Waals surface area contributed by atoms with Crippen molar-refractivity contribution in [1.82, 2.24) is 5.32 Å². The van der Waals surface area contributed by atoms with Gasteiger partial charge in [-0.3, -0.25) is 4.79 Å². The van der Waals surface area contributed by atoms with Crippen LogP contribution in [0.15, 0.2) is 77.6 Å². The van der Waals surface area contributed by atoms with Gasteiger partial charge in [-0.25, -0.2) is 0 Å². The van der Waals surface area contributed by atoms with Gasteiger partial charge >= 0.3 is 0 Å². The average Bonchev–Trinajstić information content (AvgIpc) is 3.09. The van der Waals surface area contributed by atoms with Crippen molar-refractivity contribution in [2.45, 2.75) is 6.42 Å². The van der Waals surface area contributed by atoms with Crippen LogP contribution in [0.25, 0.3) is 0 Å². The monoisotopic (exact) mass is 307 g/mol. The van der Waals surface area contributed by atoms with E-state index >= 15 is 0 Å². The summed E-state index contributed by atoms with van der Waals surface area (Å²) in [6.07, 6.45) is 4.03. The van der Waals surface area contributed by atoms with Crippen LogP contribution >= 0.6 is 0 Å². The standard InChI is InChI=1S/C19H17NO3/c21-19(20-12-10-15-11-13-22-14-15)17-8-4-5-9-18(17)23-16-6-2-1-3-7-16/h1-9,11,13-14H,10,12H2,(H,20,21). The zero-order chi connectivity index (χ0) is 15.9. The third-order valence-electron chi connectivity index (χ3n) is 3.38. The van der Waals surface area contributed by atoms with Crippen LogP contribution in [-0.4, -0.2) is 12.5 Å². The Morgan fingerprint density at radius 1 is 1.00 bits per heavy atom. The first-order valence-corrected chi connectivity index (χ1v) is 7.44. The van der Waals surface area contributed by atoms with Crippen LogP contribution in [-0.2, 0) is 6.42 Å². The minimum absolute atomic E-state index is 0.153. The van der Waals surface area contributed by atoms with Gasteiger partial charge in [0.15, 0.2) is 0 Å². The summed E-state index contributed by atoms with van der Waals surface area (Å²) >= 11 is 0. The number of benzene rings is 2. The summed E-state index contributed by atoms with van der Waals surface area (Å²) in [6, 6.07) is 18.5. The van der Waals surface area contributed by atoms with E-state index in [1.807, 2.05) is 48.5 Å². The molecule has 0 bridgehead atoms. The number of nitrogens with one attached hydrogen (secondary N) is 1. The Labute approximate surface area is 134 Å². The quantitative estimate of drug-likeness (QED) is 0.747. The first kappa shape index (κ1) is 14.9. The Bertz CT molecular complexity index is 751. The summed E-state index contributed by atoms with van der Waals surface area (Å²) in [4.78, 5) is 12.4. The largest absolute Gasteiger partial charge is 0.472 e. The molecule has 1 heterocycles. The van der Waals surface area contributed by atoms with Gasteiger partial charge in [0.2, 0.25) is 0 Å². The van der Waals surface area contributed by atoms with Gasteiger partial charge in [0, 0.05) is 6.54 Å². The van der Waals surface area contributed by atoms with E-state index in [1.54, 1.807) is 24.7 Å². The number of rotatable bonds is 6. The second-order valence-electron chi connectivity index (χ2n) is 5.05. The van der Waals surface area contributed by atoms with Gasteiger partial charge in [-0.1, -0.05) is 30.3 Å². The molecular formula is C19H17NO3. The molecule has 0 saturated heterocycles. The van der Waals surface area contributed by atoms with E-state index in [0.717, 1.165) is 12.0 Å². The van der Waals surface area contributed by atoms with Crippen molar-refractivity contribution in [3.05, 3.63) is 84.3 Å². The van der Waals surface area contributed by atoms with Crippen LogP contribution < -0.4 is 10.1 Å². The minimum Gasteiger partial charge on any atom is -0.472 e. The number of hydrogen-bond acceptors (Lipinski definition) is 3. The topological polar surface area (TPSA) is 51.5 Å². The lowest BCUT2D eigenvalue weighted by Gasteiger charge is -2.11. The summed E-state index contributed by atoms with van der Waals surface area (Å²) in [6.45, 7) is 0.540. The Hall–Kier alpha value is -3.01. The third-order valence-corrected chi connectivity index (χ3v) is 3.38. The van der Waals surface area contributed by atoms with E-state index in [1.165, 1.54) is 0 Å². The maximum absolute atomic E-state index is 12.4. The third kappa shape index (κ3) is 4.01. The van der Waals surface area contributed by atoms with Crippen molar-refractivity contribution >= 4 is 5.91 Å². The predicted octanol–water partition coefficient (Wildman–Crippen LogP) is 4.04. The van der Waals surface area contributed by atoms with Gasteiger partial charge in [-0.15, -0.1) is 0 Å². The normalized spacial score (nSPS) is 10.3. The Kier molecular flexibility index (Phi) is 4.74. The first-order valence-electron chi connectivity index (χ1n) is 7.44. The molecule has 0 fully saturated rings. The number of ether oxygens (including phenoxy) is 1. The molecule has 0 atom stereocenters. The Morgan fingerprint density at radius 3 is 2.57 bits per heavy atom. The molecule has 2 aromatic carbocycles. The molecule has 0 radical (unpaired) electrons. The zero-order valence-electron chi connectivity index (χ0n) is 12.6. The Morgan fingerprint density at radius 2 is 1.78 bits per heavy atom. The molecule has 1 N–H and O–H groups in total. The van der Waals surface area contributed by atoms with Crippen molar-refractivity contribution in [2.24, 2.45) is 0 Å². The molecule has 1 aromatic heterocycles. The summed E-state index contributed by atoms with van der Waals surface area (Å²) < 4.78 is 10.8. The van der Waals surface area contributed by atoms with Crippen molar-refractivity contribution in [3.8, 4) is 11.5 Å². The summed E-state index contributed by atoms with van der Waals surface area (Å²) in [5.41, 5.74) is 1.57. The fourth-order valence-electron chi connectivity index (χ4n) is 2.21. The van der Waals surface area contributed by atoms with E-state index < -0.39 is 0 Å². The number of amides is 1. The predicted molar refractivity (Wildman–Crippen MR) is 87.7 cm³/mol. The van der Waals surface area contributed by atoms with E-state index in [9.17, 15) is 4.79 Å². The molecule has 0 aliphatic rings. The Balaban J connectivity index is 1.65. The molecular weight excluding hydrogens is 290 g/mol. The lowest BCUT2D eigenvalue weighted by atomic mass is 10.1. The number of carbonyl (C=O) groups is 1. The smallest absolute Gasteiger partial charge is 0.255 e. The van der Waals surface area contributed by atoms with E-state index in [4.69, 9.17) is 9.15 Å². The fraction of sp³-hybridized carbons (Fsp3) is 0.105. The zero-order valence-corrected chi connectivity index (χ0v) is 12.6. The van der Waals surface area contributed by atoms with Gasteiger partial charge in [-0.05, 0) is 42.3 Å². The highest BCUT2D eigenvalue weighted by molar-refractivity contribution is 5.97. The molecule has 0 aliphatic heterocycles. The van der Waals surface area contributed by atoms with Crippen LogP contribution in [0, 0.1) is 0 Å². The number of para-hydroxylation sites is 2. The second-order valence-corrected chi connectivity index (χ2v) is 5.05. The van der Waals surface area contributed by atoms with E-state index in [-0.39, 0.29) is 5.91 Å². The lowest BCUT2D eigenvalue weighted by molar-refractivity contribution is 0.0952. The molecule has 1 amide bonds. The highest BCUT2D eigenvalue weighted by Gasteiger charge is 2.12. The van der Waals surface area contributed by atoms with Gasteiger partial charge in [0.25, 0.3) is 5.91 Å². The highest BCUT2D eigenvalue weighted by Crippen LogP contribution is 2.24. The van der Waals surface area contributed by atoms with Crippen LogP contribution in [0.1, 0.15) is 15.9 Å². The van der Waals surface area contributed by atoms with Crippen molar-refractivity contribution in [2.75, 3.05) is 6.54 Å². The van der Waals surface area contributed by atoms with Crippen molar-refractivity contribution in [1.29, 1.82) is 0 Å². The van der Waals surface area contributed by atoms with Crippen LogP contribution in [0.3, 0.4) is 0 Å². The molecule has 23 heavy (non-hydrogen) atoms. The summed E-state index contributed by atoms with van der Waals surface area (Å²) in [7, 11) is 0. The van der Waals surface area contributed by atoms with Crippen LogP contribution in [0.4, 0.5) is 0 Å². The number of carbonyl (C=O) groups excluding carboxylic acids is 1. The fourth-order valence-corrected chi connectivity index (χ4v) is 2.21. The maximum Gasteiger partial charge on any atom is 0.255 e. The van der Waals surface area contributed by atoms with Gasteiger partial charge in [0.05, 0.1) is 18.1 Å². The molecule has 4 nitrogen and oxygen atoms in total. The highest BCUT2D eigenvalue weighted by atomic mass is 16.5. The number of hydrogen-bond donors (Lipinski definition) is 1. The number of furan rings is 1. The molecule has 4 heteroatoms. The van der Waals surface area contributed by atoms with Gasteiger partial charge < -0.3 is 14.5 Å². The van der Waals surface area contributed by atoms with E-state index in [0.29, 0.717) is 23.6 Å². The summed E-state index contributed by atoms with van der Waals surface area (Å²) in [5, 5.41) is 2.90. The van der Waals surface area contributed by atoms with Crippen LogP contribution in [0.2, 0.25) is 0 Å². The van der Waals surface area contributed by atoms with Crippen LogP contribution in [0.5, 0.6) is 11.5 Å². The first-order chi connectivity index (χ1) is 11.3. The molecule has 3 aromatic rings. The van der Waals surface area contributed by atoms with Gasteiger partial charge in [0.1, 0.15) is 11.5 Å². The van der Waals surface area contributed by atoms with Crippen molar-refractivity contribution < 1.29 is 13.9 Å². The lowest BCUT2D eigenvalue weighted by Crippen LogP contribution is -2.25. The molecule has 116 valence electrons. The molecule has 0 unspecified atom stereocenters. The van der Waals surface area contributed by atoms with Crippen molar-refractivity contribution in [3.63, 3.8) is 0 Å². The SMILES string of the molecule is O=C(NCCc1ccoc1)c1ccccc1Oc1ccccc1.